The Morgan fingerprint density at radius 2 is 1.68 bits per heavy atom. The molecule has 4 amide bonds. The molecule has 0 aliphatic rings. The second-order valence-corrected chi connectivity index (χ2v) is 9.77. The number of carbonyl (C=O) groups is 4. The maximum Gasteiger partial charge on any atom is 0.333 e. The van der Waals surface area contributed by atoms with Crippen LogP contribution in [0.1, 0.15) is 27.9 Å². The summed E-state index contributed by atoms with van der Waals surface area (Å²) in [6.45, 7) is 1.40. The first-order chi connectivity index (χ1) is 18.0. The van der Waals surface area contributed by atoms with E-state index in [1.807, 2.05) is 4.72 Å². The molecule has 198 valence electrons. The van der Waals surface area contributed by atoms with E-state index in [0.29, 0.717) is 5.56 Å². The van der Waals surface area contributed by atoms with E-state index in [4.69, 9.17) is 5.11 Å². The van der Waals surface area contributed by atoms with Crippen LogP contribution in [-0.2, 0) is 26.0 Å². The number of carboxylic acid groups (broad SMARTS) is 1. The molecule has 13 heteroatoms. The standard InChI is InChI=1S/C25H25N5O7S/c1-16-7-10-20(11-8-16)38(36,37)30-25(35)28-19-6-2-4-18(14-19)24(34)27-15-21(31)29-23-17(5-3-13-26-23)9-12-22(32)33/h2-8,10-11,13-14H,9,12,15H2,1H3,(H,27,34)(H,32,33)(H,26,29,31)(H2,28,30,35). The summed E-state index contributed by atoms with van der Waals surface area (Å²) in [7, 11) is -4.10. The molecule has 0 radical (unpaired) electrons. The molecule has 0 bridgehead atoms. The van der Waals surface area contributed by atoms with E-state index < -0.39 is 40.4 Å². The van der Waals surface area contributed by atoms with Crippen LogP contribution in [0.25, 0.3) is 0 Å². The van der Waals surface area contributed by atoms with Crippen molar-refractivity contribution in [2.75, 3.05) is 17.2 Å². The SMILES string of the molecule is Cc1ccc(S(=O)(=O)NC(=O)Nc2cccc(C(=O)NCC(=O)Nc3ncccc3CCC(=O)O)c2)cc1. The van der Waals surface area contributed by atoms with Crippen molar-refractivity contribution in [2.24, 2.45) is 0 Å². The second-order valence-electron chi connectivity index (χ2n) is 8.09. The van der Waals surface area contributed by atoms with Gasteiger partial charge in [-0.15, -0.1) is 0 Å². The van der Waals surface area contributed by atoms with E-state index in [1.165, 1.54) is 42.6 Å². The van der Waals surface area contributed by atoms with E-state index >= 15 is 0 Å². The van der Waals surface area contributed by atoms with Crippen molar-refractivity contribution in [2.45, 2.75) is 24.7 Å². The molecule has 5 N–H and O–H groups in total. The van der Waals surface area contributed by atoms with E-state index in [2.05, 4.69) is 20.9 Å². The van der Waals surface area contributed by atoms with E-state index in [9.17, 15) is 27.6 Å². The van der Waals surface area contributed by atoms with Gasteiger partial charge in [0.05, 0.1) is 11.4 Å². The molecule has 2 aromatic carbocycles. The lowest BCUT2D eigenvalue weighted by Crippen LogP contribution is -2.34. The quantitative estimate of drug-likeness (QED) is 0.260. The summed E-state index contributed by atoms with van der Waals surface area (Å²) in [5.41, 5.74) is 1.65. The summed E-state index contributed by atoms with van der Waals surface area (Å²) in [5.74, 6) is -1.99. The van der Waals surface area contributed by atoms with Crippen molar-refractivity contribution in [3.63, 3.8) is 0 Å². The number of carboxylic acids is 1. The van der Waals surface area contributed by atoms with E-state index in [-0.39, 0.29) is 34.8 Å². The summed E-state index contributed by atoms with van der Waals surface area (Å²) in [6.07, 6.45) is 1.48. The average molecular weight is 540 g/mol. The highest BCUT2D eigenvalue weighted by Gasteiger charge is 2.18. The number of anilines is 2. The summed E-state index contributed by atoms with van der Waals surface area (Å²) in [5, 5.41) is 16.2. The number of amides is 4. The zero-order chi connectivity index (χ0) is 27.7. The monoisotopic (exact) mass is 539 g/mol. The van der Waals surface area contributed by atoms with Crippen LogP contribution < -0.4 is 20.7 Å². The number of aliphatic carboxylic acids is 1. The molecule has 0 aliphatic carbocycles. The molecule has 12 nitrogen and oxygen atoms in total. The topological polar surface area (TPSA) is 184 Å². The lowest BCUT2D eigenvalue weighted by molar-refractivity contribution is -0.137. The number of pyridine rings is 1. The van der Waals surface area contributed by atoms with Gasteiger partial charge in [0, 0.05) is 23.9 Å². The number of benzene rings is 2. The number of nitrogens with one attached hydrogen (secondary N) is 4. The van der Waals surface area contributed by atoms with Gasteiger partial charge in [0.1, 0.15) is 5.82 Å². The van der Waals surface area contributed by atoms with Crippen LogP contribution in [0.2, 0.25) is 0 Å². The van der Waals surface area contributed by atoms with Crippen molar-refractivity contribution in [3.05, 3.63) is 83.6 Å². The van der Waals surface area contributed by atoms with Crippen LogP contribution in [0.4, 0.5) is 16.3 Å². The molecule has 38 heavy (non-hydrogen) atoms. The molecule has 3 rings (SSSR count). The number of aromatic nitrogens is 1. The zero-order valence-corrected chi connectivity index (χ0v) is 21.0. The van der Waals surface area contributed by atoms with Gasteiger partial charge in [-0.1, -0.05) is 29.8 Å². The van der Waals surface area contributed by atoms with Gasteiger partial charge in [0.2, 0.25) is 5.91 Å². The molecule has 0 atom stereocenters. The van der Waals surface area contributed by atoms with Crippen molar-refractivity contribution in [1.29, 1.82) is 0 Å². The van der Waals surface area contributed by atoms with Crippen molar-refractivity contribution >= 4 is 45.3 Å². The molecule has 0 spiro atoms. The van der Waals surface area contributed by atoms with Gasteiger partial charge < -0.3 is 21.1 Å². The first-order valence-electron chi connectivity index (χ1n) is 11.3. The number of hydrogen-bond donors (Lipinski definition) is 5. The minimum atomic E-state index is -4.10. The second kappa shape index (κ2) is 12.5. The van der Waals surface area contributed by atoms with Crippen LogP contribution in [0.15, 0.2) is 71.8 Å². The molecule has 1 aromatic heterocycles. The van der Waals surface area contributed by atoms with Crippen molar-refractivity contribution in [3.8, 4) is 0 Å². The molecule has 0 aliphatic heterocycles. The van der Waals surface area contributed by atoms with Crippen molar-refractivity contribution < 1.29 is 32.7 Å². The Kier molecular flexibility index (Phi) is 9.11. The molecular weight excluding hydrogens is 514 g/mol. The molecular formula is C25H25N5O7S. The minimum Gasteiger partial charge on any atom is -0.481 e. The maximum absolute atomic E-state index is 12.5. The molecule has 1 heterocycles. The van der Waals surface area contributed by atoms with E-state index in [1.54, 1.807) is 31.2 Å². The van der Waals surface area contributed by atoms with Gasteiger partial charge in [-0.05, 0) is 55.3 Å². The summed E-state index contributed by atoms with van der Waals surface area (Å²) in [6, 6.07) is 13.9. The fraction of sp³-hybridized carbons (Fsp3) is 0.160. The Morgan fingerprint density at radius 1 is 0.947 bits per heavy atom. The first-order valence-corrected chi connectivity index (χ1v) is 12.8. The third-order valence-electron chi connectivity index (χ3n) is 5.11. The van der Waals surface area contributed by atoms with Crippen LogP contribution >= 0.6 is 0 Å². The largest absolute Gasteiger partial charge is 0.481 e. The Hall–Kier alpha value is -4.78. The van der Waals surface area contributed by atoms with Gasteiger partial charge in [0.25, 0.3) is 15.9 Å². The maximum atomic E-state index is 12.5. The fourth-order valence-corrected chi connectivity index (χ4v) is 4.13. The molecule has 0 saturated carbocycles. The van der Waals surface area contributed by atoms with Gasteiger partial charge in [0.15, 0.2) is 0 Å². The van der Waals surface area contributed by atoms with Gasteiger partial charge in [-0.25, -0.2) is 22.9 Å². The molecule has 0 saturated heterocycles. The Morgan fingerprint density at radius 3 is 2.39 bits per heavy atom. The third-order valence-corrected chi connectivity index (χ3v) is 6.45. The lowest BCUT2D eigenvalue weighted by Gasteiger charge is -2.11. The Bertz CT molecular complexity index is 1460. The first kappa shape index (κ1) is 27.8. The number of carbonyl (C=O) groups excluding carboxylic acids is 3. The Labute approximate surface area is 218 Å². The Balaban J connectivity index is 1.55. The number of hydrogen-bond acceptors (Lipinski definition) is 7. The fourth-order valence-electron chi connectivity index (χ4n) is 3.23. The number of aryl methyl sites for hydroxylation is 2. The summed E-state index contributed by atoms with van der Waals surface area (Å²) < 4.78 is 26.7. The number of urea groups is 1. The summed E-state index contributed by atoms with van der Waals surface area (Å²) in [4.78, 5) is 51.9. The number of rotatable bonds is 10. The third kappa shape index (κ3) is 8.13. The lowest BCUT2D eigenvalue weighted by atomic mass is 10.1. The van der Waals surface area contributed by atoms with Crippen LogP contribution in [0, 0.1) is 6.92 Å². The highest BCUT2D eigenvalue weighted by atomic mass is 32.2. The summed E-state index contributed by atoms with van der Waals surface area (Å²) >= 11 is 0. The van der Waals surface area contributed by atoms with Crippen molar-refractivity contribution in [1.82, 2.24) is 15.0 Å². The number of sulfonamides is 1. The van der Waals surface area contributed by atoms with Crippen LogP contribution in [0.5, 0.6) is 0 Å². The molecule has 0 fully saturated rings. The molecule has 3 aromatic rings. The normalized spacial score (nSPS) is 10.8. The predicted molar refractivity (Wildman–Crippen MR) is 138 cm³/mol. The smallest absolute Gasteiger partial charge is 0.333 e. The average Bonchev–Trinajstić information content (AvgIpc) is 2.86. The van der Waals surface area contributed by atoms with Crippen LogP contribution in [-0.4, -0.2) is 48.9 Å². The minimum absolute atomic E-state index is 0.0793. The van der Waals surface area contributed by atoms with E-state index in [0.717, 1.165) is 5.56 Å². The predicted octanol–water partition coefficient (Wildman–Crippen LogP) is 2.29. The van der Waals surface area contributed by atoms with Gasteiger partial charge in [-0.3, -0.25) is 14.4 Å². The highest BCUT2D eigenvalue weighted by molar-refractivity contribution is 7.90. The van der Waals surface area contributed by atoms with Gasteiger partial charge >= 0.3 is 12.0 Å². The molecule has 0 unspecified atom stereocenters. The van der Waals surface area contributed by atoms with Crippen LogP contribution in [0.3, 0.4) is 0 Å². The number of nitrogens with zero attached hydrogens (tertiary/aromatic N) is 1. The highest BCUT2D eigenvalue weighted by Crippen LogP contribution is 2.15. The zero-order valence-electron chi connectivity index (χ0n) is 20.2. The van der Waals surface area contributed by atoms with Gasteiger partial charge in [-0.2, -0.15) is 0 Å².